The molecule has 3 N–H and O–H groups in total. The van der Waals surface area contributed by atoms with Crippen molar-refractivity contribution in [1.82, 2.24) is 10.6 Å². The summed E-state index contributed by atoms with van der Waals surface area (Å²) in [5.41, 5.74) is 0.859. The molecule has 0 spiro atoms. The second-order valence-electron chi connectivity index (χ2n) is 6.72. The van der Waals surface area contributed by atoms with E-state index in [1.807, 2.05) is 45.0 Å². The number of nitrogens with zero attached hydrogens (tertiary/aromatic N) is 1. The summed E-state index contributed by atoms with van der Waals surface area (Å²) in [6.07, 6.45) is 1.83. The van der Waals surface area contributed by atoms with E-state index >= 15 is 0 Å². The number of hydrogen-bond donors (Lipinski definition) is 3. The predicted octanol–water partition coefficient (Wildman–Crippen LogP) is 2.41. The lowest BCUT2D eigenvalue weighted by molar-refractivity contribution is -0.119. The van der Waals surface area contributed by atoms with Crippen molar-refractivity contribution in [2.75, 3.05) is 51.9 Å². The maximum Gasteiger partial charge on any atom is 0.241 e. The molecule has 164 valence electrons. The molecule has 0 aliphatic heterocycles. The van der Waals surface area contributed by atoms with Crippen LogP contribution in [0.1, 0.15) is 33.6 Å². The topological polar surface area (TPSA) is 93.2 Å². The third kappa shape index (κ3) is 12.7. The Morgan fingerprint density at radius 1 is 1.07 bits per heavy atom. The molecular weight excluding hydrogens is 372 g/mol. The number of carbonyl (C=O) groups is 1. The number of methoxy groups -OCH3 is 1. The van der Waals surface area contributed by atoms with Crippen LogP contribution in [0.2, 0.25) is 0 Å². The van der Waals surface area contributed by atoms with Crippen LogP contribution in [0.25, 0.3) is 0 Å². The average molecular weight is 409 g/mol. The van der Waals surface area contributed by atoms with E-state index in [4.69, 9.17) is 14.2 Å². The van der Waals surface area contributed by atoms with Gasteiger partial charge in [-0.2, -0.15) is 0 Å². The first-order valence-corrected chi connectivity index (χ1v) is 10.2. The van der Waals surface area contributed by atoms with Crippen molar-refractivity contribution in [2.45, 2.75) is 39.7 Å². The van der Waals surface area contributed by atoms with Gasteiger partial charge in [-0.05, 0) is 51.0 Å². The summed E-state index contributed by atoms with van der Waals surface area (Å²) in [5.74, 6) is 1.26. The fraction of sp³-hybridized carbons (Fsp3) is 0.619. The van der Waals surface area contributed by atoms with Gasteiger partial charge in [-0.25, -0.2) is 4.99 Å². The lowest BCUT2D eigenvalue weighted by Crippen LogP contribution is -2.34. The van der Waals surface area contributed by atoms with Crippen molar-refractivity contribution in [3.05, 3.63) is 24.3 Å². The van der Waals surface area contributed by atoms with Crippen molar-refractivity contribution >= 4 is 17.6 Å². The molecule has 0 atom stereocenters. The summed E-state index contributed by atoms with van der Waals surface area (Å²) in [6.45, 7) is 9.18. The lowest BCUT2D eigenvalue weighted by atomic mass is 10.3. The maximum atomic E-state index is 11.9. The molecule has 0 heterocycles. The minimum absolute atomic E-state index is 0.0637. The number of guanidine groups is 1. The van der Waals surface area contributed by atoms with Crippen LogP contribution in [-0.4, -0.2) is 64.5 Å². The molecule has 1 amide bonds. The van der Waals surface area contributed by atoms with E-state index in [1.165, 1.54) is 0 Å². The summed E-state index contributed by atoms with van der Waals surface area (Å²) in [4.78, 5) is 16.2. The van der Waals surface area contributed by atoms with Gasteiger partial charge in [-0.15, -0.1) is 0 Å². The first-order valence-electron chi connectivity index (χ1n) is 10.2. The molecule has 0 aliphatic rings. The molecule has 8 nitrogen and oxygen atoms in total. The van der Waals surface area contributed by atoms with Gasteiger partial charge < -0.3 is 30.2 Å². The Morgan fingerprint density at radius 2 is 1.83 bits per heavy atom. The first kappa shape index (κ1) is 24.7. The summed E-state index contributed by atoms with van der Waals surface area (Å²) in [6, 6.07) is 7.63. The van der Waals surface area contributed by atoms with Gasteiger partial charge in [0.1, 0.15) is 12.3 Å². The van der Waals surface area contributed by atoms with Crippen LogP contribution in [0.3, 0.4) is 0 Å². The Kier molecular flexibility index (Phi) is 13.3. The molecule has 0 fully saturated rings. The van der Waals surface area contributed by atoms with E-state index in [1.54, 1.807) is 7.11 Å². The van der Waals surface area contributed by atoms with E-state index in [0.717, 1.165) is 24.3 Å². The Labute approximate surface area is 174 Å². The molecule has 0 aromatic heterocycles. The average Bonchev–Trinajstić information content (AvgIpc) is 2.70. The number of hydrogen-bond acceptors (Lipinski definition) is 5. The van der Waals surface area contributed by atoms with Gasteiger partial charge in [-0.1, -0.05) is 6.92 Å². The van der Waals surface area contributed by atoms with Gasteiger partial charge in [-0.3, -0.25) is 4.79 Å². The van der Waals surface area contributed by atoms with Gasteiger partial charge in [0.05, 0.1) is 19.3 Å². The molecule has 8 heteroatoms. The van der Waals surface area contributed by atoms with Gasteiger partial charge in [0.15, 0.2) is 5.96 Å². The van der Waals surface area contributed by atoms with E-state index in [9.17, 15) is 4.79 Å². The van der Waals surface area contributed by atoms with Crippen molar-refractivity contribution < 1.29 is 19.0 Å². The fourth-order valence-electron chi connectivity index (χ4n) is 2.26. The van der Waals surface area contributed by atoms with Crippen LogP contribution in [0.5, 0.6) is 5.75 Å². The van der Waals surface area contributed by atoms with Gasteiger partial charge in [0.2, 0.25) is 5.91 Å². The summed E-state index contributed by atoms with van der Waals surface area (Å²) in [7, 11) is 1.65. The van der Waals surface area contributed by atoms with Crippen LogP contribution >= 0.6 is 0 Å². The quantitative estimate of drug-likeness (QED) is 0.249. The molecule has 0 bridgehead atoms. The zero-order chi connectivity index (χ0) is 21.3. The first-order chi connectivity index (χ1) is 14.0. The molecule has 0 aliphatic carbocycles. The smallest absolute Gasteiger partial charge is 0.241 e. The number of amides is 1. The highest BCUT2D eigenvalue weighted by Crippen LogP contribution is 2.16. The number of carbonyl (C=O) groups excluding carboxylic acids is 1. The number of nitrogens with one attached hydrogen (secondary N) is 3. The molecule has 0 radical (unpaired) electrons. The molecule has 1 aromatic carbocycles. The second-order valence-corrected chi connectivity index (χ2v) is 6.72. The number of benzene rings is 1. The molecule has 1 rings (SSSR count). The van der Waals surface area contributed by atoms with Crippen LogP contribution in [0.4, 0.5) is 5.69 Å². The van der Waals surface area contributed by atoms with E-state index in [0.29, 0.717) is 38.9 Å². The van der Waals surface area contributed by atoms with Crippen LogP contribution < -0.4 is 20.7 Å². The molecule has 0 saturated carbocycles. The molecule has 29 heavy (non-hydrogen) atoms. The highest BCUT2D eigenvalue weighted by Gasteiger charge is 2.04. The van der Waals surface area contributed by atoms with Crippen molar-refractivity contribution in [2.24, 2.45) is 4.99 Å². The van der Waals surface area contributed by atoms with Crippen molar-refractivity contribution in [3.8, 4) is 5.75 Å². The number of rotatable bonds is 14. The highest BCUT2D eigenvalue weighted by molar-refractivity contribution is 5.95. The number of aliphatic imine (C=N–C) groups is 1. The highest BCUT2D eigenvalue weighted by atomic mass is 16.5. The summed E-state index contributed by atoms with van der Waals surface area (Å²) >= 11 is 0. The maximum absolute atomic E-state index is 11.9. The van der Waals surface area contributed by atoms with E-state index in [-0.39, 0.29) is 18.6 Å². The fourth-order valence-corrected chi connectivity index (χ4v) is 2.26. The lowest BCUT2D eigenvalue weighted by Gasteiger charge is -2.14. The minimum Gasteiger partial charge on any atom is -0.491 e. The zero-order valence-electron chi connectivity index (χ0n) is 18.1. The van der Waals surface area contributed by atoms with Crippen LogP contribution in [-0.2, 0) is 14.3 Å². The van der Waals surface area contributed by atoms with E-state index < -0.39 is 0 Å². The van der Waals surface area contributed by atoms with E-state index in [2.05, 4.69) is 20.9 Å². The SMILES string of the molecule is CCCNC(=O)CN=C(NCCCOCCOC)Nc1ccc(OC(C)C)cc1. The van der Waals surface area contributed by atoms with Crippen LogP contribution in [0, 0.1) is 0 Å². The zero-order valence-corrected chi connectivity index (χ0v) is 18.1. The van der Waals surface area contributed by atoms with Gasteiger partial charge >= 0.3 is 0 Å². The summed E-state index contributed by atoms with van der Waals surface area (Å²) < 4.78 is 16.1. The van der Waals surface area contributed by atoms with Crippen LogP contribution in [0.15, 0.2) is 29.3 Å². The van der Waals surface area contributed by atoms with Crippen molar-refractivity contribution in [1.29, 1.82) is 0 Å². The Balaban J connectivity index is 2.58. The summed E-state index contributed by atoms with van der Waals surface area (Å²) in [5, 5.41) is 9.28. The molecular formula is C21H36N4O4. The second kappa shape index (κ2) is 15.6. The normalized spacial score (nSPS) is 11.4. The Bertz CT molecular complexity index is 591. The molecule has 0 saturated heterocycles. The molecule has 1 aromatic rings. The number of anilines is 1. The number of ether oxygens (including phenoxy) is 3. The monoisotopic (exact) mass is 408 g/mol. The van der Waals surface area contributed by atoms with Crippen molar-refractivity contribution in [3.63, 3.8) is 0 Å². The van der Waals surface area contributed by atoms with Gasteiger partial charge in [0.25, 0.3) is 0 Å². The third-order valence-electron chi connectivity index (χ3n) is 3.63. The largest absolute Gasteiger partial charge is 0.491 e. The Morgan fingerprint density at radius 3 is 2.48 bits per heavy atom. The third-order valence-corrected chi connectivity index (χ3v) is 3.63. The standard InChI is InChI=1S/C21H36N4O4/c1-5-11-22-20(26)16-24-21(23-12-6-13-28-15-14-27-4)25-18-7-9-19(10-8-18)29-17(2)3/h7-10,17H,5-6,11-16H2,1-4H3,(H,22,26)(H2,23,24,25). The molecule has 0 unspecified atom stereocenters. The minimum atomic E-state index is -0.100. The van der Waals surface area contributed by atoms with Gasteiger partial charge in [0, 0.05) is 32.5 Å². The Hall–Kier alpha value is -2.32. The predicted molar refractivity (Wildman–Crippen MR) is 117 cm³/mol.